The number of amides is 1. The molecule has 0 saturated heterocycles. The molecule has 0 fully saturated rings. The largest absolute Gasteiger partial charge is 0.399 e. The predicted octanol–water partition coefficient (Wildman–Crippen LogP) is 2.80. The quantitative estimate of drug-likeness (QED) is 0.590. The lowest BCUT2D eigenvalue weighted by atomic mass is 10.1. The molecule has 1 aromatic carbocycles. The first-order chi connectivity index (χ1) is 8.99. The lowest BCUT2D eigenvalue weighted by Crippen LogP contribution is -2.19. The summed E-state index contributed by atoms with van der Waals surface area (Å²) in [7, 11) is 0. The summed E-state index contributed by atoms with van der Waals surface area (Å²) in [6.07, 6.45) is 1.98. The van der Waals surface area contributed by atoms with E-state index in [1.165, 1.54) is 18.2 Å². The average Bonchev–Trinajstić information content (AvgIpc) is 2.33. The highest BCUT2D eigenvalue weighted by Gasteiger charge is 2.07. The molecule has 0 aliphatic carbocycles. The molecule has 0 aromatic heterocycles. The number of hydrogen-bond acceptors (Lipinski definition) is 3. The number of hydrogen-bond donors (Lipinski definition) is 2. The number of ether oxygens (including phenoxy) is 1. The van der Waals surface area contributed by atoms with Crippen LogP contribution in [-0.4, -0.2) is 19.1 Å². The fourth-order valence-corrected chi connectivity index (χ4v) is 1.58. The van der Waals surface area contributed by atoms with E-state index in [2.05, 4.69) is 19.2 Å². The Morgan fingerprint density at radius 3 is 2.89 bits per heavy atom. The monoisotopic (exact) mass is 268 g/mol. The number of nitrogen functional groups attached to an aromatic ring is 1. The number of nitrogens with one attached hydrogen (secondary N) is 1. The molecule has 0 saturated carbocycles. The Kier molecular flexibility index (Phi) is 6.29. The second kappa shape index (κ2) is 7.74. The number of halogens is 1. The summed E-state index contributed by atoms with van der Waals surface area (Å²) >= 11 is 0. The van der Waals surface area contributed by atoms with Crippen molar-refractivity contribution in [3.05, 3.63) is 24.0 Å². The van der Waals surface area contributed by atoms with Crippen LogP contribution in [0.3, 0.4) is 0 Å². The van der Waals surface area contributed by atoms with E-state index in [-0.39, 0.29) is 18.2 Å². The van der Waals surface area contributed by atoms with Gasteiger partial charge < -0.3 is 15.8 Å². The minimum Gasteiger partial charge on any atom is -0.399 e. The number of carbonyl (C=O) groups is 1. The van der Waals surface area contributed by atoms with E-state index in [1.54, 1.807) is 0 Å². The number of anilines is 2. The molecule has 1 aromatic rings. The first-order valence-corrected chi connectivity index (χ1v) is 6.41. The third-order valence-electron chi connectivity index (χ3n) is 2.57. The Morgan fingerprint density at radius 2 is 2.21 bits per heavy atom. The zero-order valence-electron chi connectivity index (χ0n) is 11.4. The van der Waals surface area contributed by atoms with Gasteiger partial charge in [0.05, 0.1) is 5.69 Å². The van der Waals surface area contributed by atoms with E-state index in [0.29, 0.717) is 18.2 Å². The molecule has 5 heteroatoms. The van der Waals surface area contributed by atoms with E-state index in [0.717, 1.165) is 12.8 Å². The SMILES string of the molecule is CC(C)CCCOCC(=O)Nc1cc(N)ccc1F. The van der Waals surface area contributed by atoms with E-state index in [9.17, 15) is 9.18 Å². The minimum atomic E-state index is -0.512. The first kappa shape index (κ1) is 15.4. The highest BCUT2D eigenvalue weighted by atomic mass is 19.1. The lowest BCUT2D eigenvalue weighted by molar-refractivity contribution is -0.120. The summed E-state index contributed by atoms with van der Waals surface area (Å²) < 4.78 is 18.6. The fourth-order valence-electron chi connectivity index (χ4n) is 1.58. The van der Waals surface area contributed by atoms with Crippen molar-refractivity contribution in [1.82, 2.24) is 0 Å². The molecule has 3 N–H and O–H groups in total. The van der Waals surface area contributed by atoms with Crippen molar-refractivity contribution in [3.8, 4) is 0 Å². The lowest BCUT2D eigenvalue weighted by Gasteiger charge is -2.08. The van der Waals surface area contributed by atoms with Crippen LogP contribution < -0.4 is 11.1 Å². The van der Waals surface area contributed by atoms with Crippen molar-refractivity contribution in [2.45, 2.75) is 26.7 Å². The molecule has 1 amide bonds. The van der Waals surface area contributed by atoms with Gasteiger partial charge in [-0.25, -0.2) is 4.39 Å². The maximum atomic E-state index is 13.4. The Bertz CT molecular complexity index is 422. The van der Waals surface area contributed by atoms with Gasteiger partial charge in [0.25, 0.3) is 0 Å². The van der Waals surface area contributed by atoms with Crippen molar-refractivity contribution in [3.63, 3.8) is 0 Å². The van der Waals surface area contributed by atoms with Crippen LogP contribution in [0.15, 0.2) is 18.2 Å². The highest BCUT2D eigenvalue weighted by molar-refractivity contribution is 5.92. The van der Waals surface area contributed by atoms with Gasteiger partial charge in [0.1, 0.15) is 12.4 Å². The van der Waals surface area contributed by atoms with Gasteiger partial charge in [-0.15, -0.1) is 0 Å². The number of nitrogens with two attached hydrogens (primary N) is 1. The van der Waals surface area contributed by atoms with E-state index < -0.39 is 5.82 Å². The van der Waals surface area contributed by atoms with Gasteiger partial charge in [0, 0.05) is 12.3 Å². The van der Waals surface area contributed by atoms with Crippen LogP contribution in [0.25, 0.3) is 0 Å². The van der Waals surface area contributed by atoms with Crippen LogP contribution in [0.2, 0.25) is 0 Å². The summed E-state index contributed by atoms with van der Waals surface area (Å²) in [5.74, 6) is -0.268. The van der Waals surface area contributed by atoms with Gasteiger partial charge in [-0.05, 0) is 37.0 Å². The molecule has 0 aliphatic rings. The van der Waals surface area contributed by atoms with Crippen molar-refractivity contribution < 1.29 is 13.9 Å². The summed E-state index contributed by atoms with van der Waals surface area (Å²) in [5.41, 5.74) is 6.00. The van der Waals surface area contributed by atoms with Crippen LogP contribution >= 0.6 is 0 Å². The molecule has 0 aliphatic heterocycles. The zero-order chi connectivity index (χ0) is 14.3. The average molecular weight is 268 g/mol. The molecule has 0 bridgehead atoms. The third-order valence-corrected chi connectivity index (χ3v) is 2.57. The van der Waals surface area contributed by atoms with Crippen molar-refractivity contribution in [2.75, 3.05) is 24.3 Å². The van der Waals surface area contributed by atoms with E-state index in [1.807, 2.05) is 0 Å². The third kappa shape index (κ3) is 6.20. The van der Waals surface area contributed by atoms with Crippen LogP contribution in [0.5, 0.6) is 0 Å². The van der Waals surface area contributed by atoms with Crippen LogP contribution in [0.1, 0.15) is 26.7 Å². The van der Waals surface area contributed by atoms with Crippen molar-refractivity contribution in [1.29, 1.82) is 0 Å². The molecule has 0 heterocycles. The number of benzene rings is 1. The Hall–Kier alpha value is -1.62. The molecular formula is C14H21FN2O2. The van der Waals surface area contributed by atoms with Crippen molar-refractivity contribution >= 4 is 17.3 Å². The van der Waals surface area contributed by atoms with Crippen LogP contribution in [0, 0.1) is 11.7 Å². The summed E-state index contributed by atoms with van der Waals surface area (Å²) in [5, 5.41) is 2.43. The van der Waals surface area contributed by atoms with Crippen molar-refractivity contribution in [2.24, 2.45) is 5.92 Å². The van der Waals surface area contributed by atoms with Crippen LogP contribution in [-0.2, 0) is 9.53 Å². The minimum absolute atomic E-state index is 0.0770. The Balaban J connectivity index is 2.29. The molecule has 0 radical (unpaired) electrons. The molecule has 0 atom stereocenters. The molecule has 19 heavy (non-hydrogen) atoms. The molecule has 106 valence electrons. The second-order valence-corrected chi connectivity index (χ2v) is 4.88. The zero-order valence-corrected chi connectivity index (χ0v) is 11.4. The summed E-state index contributed by atoms with van der Waals surface area (Å²) in [4.78, 5) is 11.5. The Labute approximate surface area is 113 Å². The molecule has 0 spiro atoms. The van der Waals surface area contributed by atoms with E-state index in [4.69, 9.17) is 10.5 Å². The van der Waals surface area contributed by atoms with Crippen LogP contribution in [0.4, 0.5) is 15.8 Å². The molecular weight excluding hydrogens is 247 g/mol. The highest BCUT2D eigenvalue weighted by Crippen LogP contribution is 2.17. The maximum absolute atomic E-state index is 13.4. The van der Waals surface area contributed by atoms with Gasteiger partial charge in [-0.1, -0.05) is 13.8 Å². The summed E-state index contributed by atoms with van der Waals surface area (Å²) in [6, 6.07) is 4.04. The molecule has 4 nitrogen and oxygen atoms in total. The molecule has 1 rings (SSSR count). The van der Waals surface area contributed by atoms with E-state index >= 15 is 0 Å². The Morgan fingerprint density at radius 1 is 1.47 bits per heavy atom. The van der Waals surface area contributed by atoms with Gasteiger partial charge in [-0.3, -0.25) is 4.79 Å². The second-order valence-electron chi connectivity index (χ2n) is 4.88. The van der Waals surface area contributed by atoms with Gasteiger partial charge >= 0.3 is 0 Å². The topological polar surface area (TPSA) is 64.3 Å². The standard InChI is InChI=1S/C14H21FN2O2/c1-10(2)4-3-7-19-9-14(18)17-13-8-11(16)5-6-12(13)15/h5-6,8,10H,3-4,7,9,16H2,1-2H3,(H,17,18). The van der Waals surface area contributed by atoms with Gasteiger partial charge in [0.2, 0.25) is 5.91 Å². The number of carbonyl (C=O) groups excluding carboxylic acids is 1. The van der Waals surface area contributed by atoms with Gasteiger partial charge in [0.15, 0.2) is 0 Å². The molecule has 0 unspecified atom stereocenters. The van der Waals surface area contributed by atoms with Gasteiger partial charge in [-0.2, -0.15) is 0 Å². The predicted molar refractivity (Wildman–Crippen MR) is 74.3 cm³/mol. The number of rotatable bonds is 7. The fraction of sp³-hybridized carbons (Fsp3) is 0.500. The maximum Gasteiger partial charge on any atom is 0.250 e. The smallest absolute Gasteiger partial charge is 0.250 e. The normalized spacial score (nSPS) is 10.7. The first-order valence-electron chi connectivity index (χ1n) is 6.41. The summed E-state index contributed by atoms with van der Waals surface area (Å²) in [6.45, 7) is 4.72.